The molecule has 0 saturated heterocycles. The number of carbonyl (C=O) groups excluding carboxylic acids is 2. The number of aromatic nitrogens is 2. The summed E-state index contributed by atoms with van der Waals surface area (Å²) in [5.74, 6) is -4.46. The van der Waals surface area contributed by atoms with Crippen LogP contribution < -0.4 is 15.2 Å². The quantitative estimate of drug-likeness (QED) is 0.230. The summed E-state index contributed by atoms with van der Waals surface area (Å²) < 4.78 is 103. The lowest BCUT2D eigenvalue weighted by molar-refractivity contribution is -0.201. The molecule has 0 spiro atoms. The van der Waals surface area contributed by atoms with E-state index < -0.39 is 52.7 Å². The van der Waals surface area contributed by atoms with Crippen molar-refractivity contribution in [3.63, 3.8) is 0 Å². The van der Waals surface area contributed by atoms with Crippen LogP contribution in [0.1, 0.15) is 23.0 Å². The number of halogens is 6. The number of hydrogen-bond donors (Lipinski definition) is 3. The van der Waals surface area contributed by atoms with Gasteiger partial charge in [-0.25, -0.2) is 24.0 Å². The van der Waals surface area contributed by atoms with Crippen LogP contribution in [0.4, 0.5) is 32.0 Å². The van der Waals surface area contributed by atoms with Crippen LogP contribution >= 0.6 is 0 Å². The Morgan fingerprint density at radius 2 is 1.68 bits per heavy atom. The van der Waals surface area contributed by atoms with Gasteiger partial charge in [0.05, 0.1) is 28.3 Å². The molecule has 1 unspecified atom stereocenters. The number of hydrogen-bond acceptors (Lipinski definition) is 7. The average molecular weight is 553 g/mol. The molecule has 0 aliphatic heterocycles. The Hall–Kier alpha value is -3.70. The third-order valence-electron chi connectivity index (χ3n) is 4.88. The van der Waals surface area contributed by atoms with E-state index in [0.29, 0.717) is 11.1 Å². The smallest absolute Gasteiger partial charge is 0.385 e. The fourth-order valence-electron chi connectivity index (χ4n) is 3.17. The minimum Gasteiger partial charge on any atom is -0.385 e. The molecule has 0 radical (unpaired) electrons. The second-order valence-corrected chi connectivity index (χ2v) is 9.11. The highest BCUT2D eigenvalue weighted by Gasteiger charge is 2.43. The predicted octanol–water partition coefficient (Wildman–Crippen LogP) is 2.47. The lowest BCUT2D eigenvalue weighted by atomic mass is 10.1. The first-order valence-electron chi connectivity index (χ1n) is 9.99. The van der Waals surface area contributed by atoms with Gasteiger partial charge in [0.15, 0.2) is 0 Å². The molecule has 0 aliphatic rings. The molecule has 17 heteroatoms. The Labute approximate surface area is 204 Å². The summed E-state index contributed by atoms with van der Waals surface area (Å²) in [5.41, 5.74) is 5.86. The summed E-state index contributed by atoms with van der Waals surface area (Å²) in [5, 5.41) is 5.03. The summed E-state index contributed by atoms with van der Waals surface area (Å²) >= 11 is 0. The zero-order valence-corrected chi connectivity index (χ0v) is 19.1. The van der Waals surface area contributed by atoms with Crippen LogP contribution in [0.25, 0.3) is 11.0 Å². The van der Waals surface area contributed by atoms with Gasteiger partial charge in [-0.1, -0.05) is 12.1 Å². The monoisotopic (exact) mass is 553 g/mol. The van der Waals surface area contributed by atoms with Gasteiger partial charge in [0.1, 0.15) is 12.4 Å². The van der Waals surface area contributed by atoms with E-state index >= 15 is 0 Å². The molecule has 3 rings (SSSR count). The van der Waals surface area contributed by atoms with Crippen molar-refractivity contribution in [1.82, 2.24) is 9.97 Å². The number of aromatic amines is 1. The van der Waals surface area contributed by atoms with Gasteiger partial charge in [0, 0.05) is 0 Å². The third kappa shape index (κ3) is 6.95. The summed E-state index contributed by atoms with van der Waals surface area (Å²) in [7, 11) is -4.67. The van der Waals surface area contributed by atoms with E-state index in [2.05, 4.69) is 14.7 Å². The molecule has 0 fully saturated rings. The molecule has 3 aromatic rings. The first-order chi connectivity index (χ1) is 16.9. The molecule has 0 amide bonds. The molecule has 5 N–H and O–H groups in total. The van der Waals surface area contributed by atoms with Crippen LogP contribution in [0.3, 0.4) is 0 Å². The van der Waals surface area contributed by atoms with Gasteiger partial charge in [-0.15, -0.1) is 0 Å². The molecule has 0 aliphatic carbocycles. The topological polar surface area (TPSA) is 161 Å². The maximum Gasteiger partial charge on any atom is 0.491 e. The number of H-pyrrole nitrogens is 1. The van der Waals surface area contributed by atoms with Crippen molar-refractivity contribution >= 4 is 38.9 Å². The van der Waals surface area contributed by atoms with E-state index in [1.54, 1.807) is 0 Å². The summed E-state index contributed by atoms with van der Waals surface area (Å²) in [6, 6.07) is 7.22. The molecule has 0 bridgehead atoms. The molecule has 1 atom stereocenters. The number of esters is 2. The number of nitrogens with zero attached hydrogens (tertiary/aromatic N) is 2. The number of benzene rings is 2. The normalized spacial score (nSPS) is 13.4. The lowest BCUT2D eigenvalue weighted by Gasteiger charge is -2.21. The van der Waals surface area contributed by atoms with Gasteiger partial charge in [-0.3, -0.25) is 0 Å². The Morgan fingerprint density at radius 1 is 1.05 bits per heavy atom. The Bertz CT molecular complexity index is 1420. The van der Waals surface area contributed by atoms with Gasteiger partial charge in [-0.05, 0) is 42.3 Å². The van der Waals surface area contributed by atoms with E-state index in [9.17, 15) is 44.3 Å². The summed E-state index contributed by atoms with van der Waals surface area (Å²) in [6.45, 7) is -1.32. The Kier molecular flexibility index (Phi) is 7.52. The average Bonchev–Trinajstić information content (AvgIpc) is 3.20. The van der Waals surface area contributed by atoms with Gasteiger partial charge < -0.3 is 15.5 Å². The van der Waals surface area contributed by atoms with Crippen LogP contribution in [0, 0.1) is 0 Å². The SMILES string of the molecule is NC(Cc1ccc(N(CC(=O)OC(=O)C(F)(F)F)S(N)(=O)=O)cc1)c1nc2cc(C(F)(F)F)ccc2[nH]1. The van der Waals surface area contributed by atoms with E-state index in [1.807, 2.05) is 0 Å². The van der Waals surface area contributed by atoms with Gasteiger partial charge in [-0.2, -0.15) is 34.8 Å². The zero-order valence-electron chi connectivity index (χ0n) is 18.3. The predicted molar refractivity (Wildman–Crippen MR) is 116 cm³/mol. The van der Waals surface area contributed by atoms with Gasteiger partial charge in [0.25, 0.3) is 10.2 Å². The molecule has 2 aromatic carbocycles. The van der Waals surface area contributed by atoms with Crippen molar-refractivity contribution in [2.45, 2.75) is 24.8 Å². The van der Waals surface area contributed by atoms with Crippen LogP contribution in [0.15, 0.2) is 42.5 Å². The van der Waals surface area contributed by atoms with Crippen molar-refractivity contribution in [3.05, 3.63) is 59.4 Å². The highest BCUT2D eigenvalue weighted by atomic mass is 32.2. The molecule has 200 valence electrons. The molecule has 37 heavy (non-hydrogen) atoms. The molecule has 0 saturated carbocycles. The van der Waals surface area contributed by atoms with E-state index in [0.717, 1.165) is 12.1 Å². The number of rotatable bonds is 7. The van der Waals surface area contributed by atoms with Gasteiger partial charge in [0.2, 0.25) is 0 Å². The van der Waals surface area contributed by atoms with Crippen molar-refractivity contribution in [3.8, 4) is 0 Å². The van der Waals surface area contributed by atoms with E-state index in [1.165, 1.54) is 30.3 Å². The molecule has 1 aromatic heterocycles. The highest BCUT2D eigenvalue weighted by molar-refractivity contribution is 7.90. The standard InChI is InChI=1S/C20H17F6N5O5S/c21-19(22,23)11-3-6-14-15(8-11)30-17(29-14)13(27)7-10-1-4-12(5-2-10)31(37(28,34)35)9-16(32)36-18(33)20(24,25)26/h1-6,8,13H,7,9,27H2,(H,29,30)(H2,28,34,35). The molecular formula is C20H17F6N5O5S. The second kappa shape index (κ2) is 9.98. The highest BCUT2D eigenvalue weighted by Crippen LogP contribution is 2.31. The molecular weight excluding hydrogens is 536 g/mol. The fourth-order valence-corrected chi connectivity index (χ4v) is 3.87. The van der Waals surface area contributed by atoms with Crippen LogP contribution in [0.5, 0.6) is 0 Å². The first-order valence-corrected chi connectivity index (χ1v) is 11.5. The number of ether oxygens (including phenoxy) is 1. The minimum absolute atomic E-state index is 0.0512. The number of anilines is 1. The third-order valence-corrected chi connectivity index (χ3v) is 5.83. The summed E-state index contributed by atoms with van der Waals surface area (Å²) in [6.07, 6.45) is -9.93. The number of carbonyl (C=O) groups is 2. The number of imidazole rings is 1. The fraction of sp³-hybridized carbons (Fsp3) is 0.250. The Morgan fingerprint density at radius 3 is 2.22 bits per heavy atom. The van der Waals surface area contributed by atoms with Crippen molar-refractivity contribution in [2.75, 3.05) is 10.8 Å². The second-order valence-electron chi connectivity index (χ2n) is 7.64. The lowest BCUT2D eigenvalue weighted by Crippen LogP contribution is -2.42. The zero-order chi connectivity index (χ0) is 27.8. The van der Waals surface area contributed by atoms with Crippen molar-refractivity contribution in [2.24, 2.45) is 10.9 Å². The largest absolute Gasteiger partial charge is 0.491 e. The maximum absolute atomic E-state index is 12.9. The molecule has 10 nitrogen and oxygen atoms in total. The molecule has 1 heterocycles. The first kappa shape index (κ1) is 27.9. The van der Waals surface area contributed by atoms with E-state index in [4.69, 9.17) is 10.9 Å². The summed E-state index contributed by atoms with van der Waals surface area (Å²) in [4.78, 5) is 29.4. The van der Waals surface area contributed by atoms with Crippen LogP contribution in [0.2, 0.25) is 0 Å². The number of alkyl halides is 6. The van der Waals surface area contributed by atoms with Crippen molar-refractivity contribution in [1.29, 1.82) is 0 Å². The number of nitrogens with one attached hydrogen (secondary N) is 1. The van der Waals surface area contributed by atoms with E-state index in [-0.39, 0.29) is 27.8 Å². The van der Waals surface area contributed by atoms with Crippen molar-refractivity contribution < 1.29 is 49.1 Å². The Balaban J connectivity index is 1.74. The maximum atomic E-state index is 12.9. The number of nitrogens with two attached hydrogens (primary N) is 2. The number of fused-ring (bicyclic) bond motifs is 1. The van der Waals surface area contributed by atoms with Gasteiger partial charge >= 0.3 is 24.3 Å². The minimum atomic E-state index is -5.47. The van der Waals surface area contributed by atoms with Crippen LogP contribution in [-0.2, 0) is 37.1 Å². The van der Waals surface area contributed by atoms with Crippen LogP contribution in [-0.4, -0.2) is 43.0 Å².